The Morgan fingerprint density at radius 1 is 1.11 bits per heavy atom. The Labute approximate surface area is 112 Å². The maximum absolute atomic E-state index is 11.6. The summed E-state index contributed by atoms with van der Waals surface area (Å²) in [6.07, 6.45) is 8.38. The second-order valence-corrected chi connectivity index (χ2v) is 5.37. The third kappa shape index (κ3) is 10.6. The van der Waals surface area contributed by atoms with Crippen LogP contribution in [0.25, 0.3) is 0 Å². The minimum Gasteiger partial charge on any atom is -0.463 e. The third-order valence-electron chi connectivity index (χ3n) is 3.30. The number of hydrogen-bond acceptors (Lipinski definition) is 3. The van der Waals surface area contributed by atoms with E-state index < -0.39 is 0 Å². The first kappa shape index (κ1) is 17.4. The number of hydrogen-bond donors (Lipinski definition) is 1. The molecule has 0 aliphatic rings. The van der Waals surface area contributed by atoms with E-state index in [0.717, 1.165) is 25.7 Å². The van der Waals surface area contributed by atoms with Crippen LogP contribution < -0.4 is 5.73 Å². The molecule has 0 saturated heterocycles. The van der Waals surface area contributed by atoms with Crippen molar-refractivity contribution < 1.29 is 9.53 Å². The zero-order valence-corrected chi connectivity index (χ0v) is 12.4. The molecule has 0 aromatic carbocycles. The predicted octanol–water partition coefficient (Wildman–Crippen LogP) is 3.65. The molecule has 0 aliphatic heterocycles. The van der Waals surface area contributed by atoms with E-state index in [1.54, 1.807) is 0 Å². The molecule has 2 unspecified atom stereocenters. The summed E-state index contributed by atoms with van der Waals surface area (Å²) in [7, 11) is 0. The number of unbranched alkanes of at least 4 members (excludes halogenated alkanes) is 3. The summed E-state index contributed by atoms with van der Waals surface area (Å²) in [5.74, 6) is 0.462. The van der Waals surface area contributed by atoms with Gasteiger partial charge in [0.05, 0.1) is 6.10 Å². The summed E-state index contributed by atoms with van der Waals surface area (Å²) < 4.78 is 5.39. The predicted molar refractivity (Wildman–Crippen MR) is 76.4 cm³/mol. The van der Waals surface area contributed by atoms with Gasteiger partial charge in [-0.1, -0.05) is 33.1 Å². The van der Waals surface area contributed by atoms with E-state index in [2.05, 4.69) is 13.8 Å². The number of ether oxygens (including phenoxy) is 1. The summed E-state index contributed by atoms with van der Waals surface area (Å²) in [5, 5.41) is 0. The zero-order valence-electron chi connectivity index (χ0n) is 12.4. The van der Waals surface area contributed by atoms with Crippen molar-refractivity contribution in [2.75, 3.05) is 6.54 Å². The summed E-state index contributed by atoms with van der Waals surface area (Å²) in [5.41, 5.74) is 5.48. The second kappa shape index (κ2) is 11.5. The molecule has 2 atom stereocenters. The molecule has 0 fully saturated rings. The van der Waals surface area contributed by atoms with Crippen molar-refractivity contribution in [3.05, 3.63) is 0 Å². The molecule has 0 spiro atoms. The maximum atomic E-state index is 11.6. The second-order valence-electron chi connectivity index (χ2n) is 5.37. The lowest BCUT2D eigenvalue weighted by Crippen LogP contribution is -2.16. The molecule has 108 valence electrons. The van der Waals surface area contributed by atoms with Gasteiger partial charge in [-0.2, -0.15) is 0 Å². The first-order chi connectivity index (χ1) is 8.60. The highest BCUT2D eigenvalue weighted by molar-refractivity contribution is 5.69. The minimum atomic E-state index is -0.0538. The van der Waals surface area contributed by atoms with Crippen LogP contribution in [0.5, 0.6) is 0 Å². The lowest BCUT2D eigenvalue weighted by atomic mass is 10.0. The lowest BCUT2D eigenvalue weighted by Gasteiger charge is -2.14. The first-order valence-electron chi connectivity index (χ1n) is 7.49. The normalized spacial score (nSPS) is 14.2. The fraction of sp³-hybridized carbons (Fsp3) is 0.933. The highest BCUT2D eigenvalue weighted by Gasteiger charge is 2.11. The van der Waals surface area contributed by atoms with Gasteiger partial charge in [0.2, 0.25) is 0 Å². The van der Waals surface area contributed by atoms with Gasteiger partial charge in [-0.25, -0.2) is 0 Å². The van der Waals surface area contributed by atoms with Crippen molar-refractivity contribution in [3.8, 4) is 0 Å². The quantitative estimate of drug-likeness (QED) is 0.454. The molecule has 0 aromatic heterocycles. The summed E-state index contributed by atoms with van der Waals surface area (Å²) in [4.78, 5) is 11.6. The summed E-state index contributed by atoms with van der Waals surface area (Å²) in [6, 6.07) is 0. The van der Waals surface area contributed by atoms with Gasteiger partial charge in [0.25, 0.3) is 0 Å². The van der Waals surface area contributed by atoms with Crippen molar-refractivity contribution in [1.82, 2.24) is 0 Å². The van der Waals surface area contributed by atoms with Crippen molar-refractivity contribution in [2.24, 2.45) is 11.7 Å². The molecular weight excluding hydrogens is 226 g/mol. The SMILES string of the molecule is CCCCCCC(C)OC(=O)CCC(C)CCN. The molecule has 18 heavy (non-hydrogen) atoms. The fourth-order valence-corrected chi connectivity index (χ4v) is 1.99. The Morgan fingerprint density at radius 3 is 2.44 bits per heavy atom. The van der Waals surface area contributed by atoms with E-state index >= 15 is 0 Å². The van der Waals surface area contributed by atoms with Crippen LogP contribution in [0.4, 0.5) is 0 Å². The van der Waals surface area contributed by atoms with E-state index in [-0.39, 0.29) is 12.1 Å². The molecule has 0 aliphatic carbocycles. The van der Waals surface area contributed by atoms with E-state index in [1.165, 1.54) is 19.3 Å². The largest absolute Gasteiger partial charge is 0.463 e. The van der Waals surface area contributed by atoms with Gasteiger partial charge in [-0.05, 0) is 45.1 Å². The Morgan fingerprint density at radius 2 is 1.83 bits per heavy atom. The fourth-order valence-electron chi connectivity index (χ4n) is 1.99. The van der Waals surface area contributed by atoms with Crippen LogP contribution in [-0.2, 0) is 9.53 Å². The van der Waals surface area contributed by atoms with Gasteiger partial charge in [0.1, 0.15) is 0 Å². The molecule has 0 rings (SSSR count). The average Bonchev–Trinajstić information content (AvgIpc) is 2.32. The molecule has 0 amide bonds. The number of esters is 1. The van der Waals surface area contributed by atoms with Crippen molar-refractivity contribution in [2.45, 2.75) is 78.2 Å². The third-order valence-corrected chi connectivity index (χ3v) is 3.30. The Kier molecular flexibility index (Phi) is 11.2. The standard InChI is InChI=1S/C15H31NO2/c1-4-5-6-7-8-14(3)18-15(17)10-9-13(2)11-12-16/h13-14H,4-12,16H2,1-3H3. The van der Waals surface area contributed by atoms with Crippen LogP contribution in [0.15, 0.2) is 0 Å². The van der Waals surface area contributed by atoms with Crippen LogP contribution in [0.1, 0.15) is 72.1 Å². The molecule has 3 nitrogen and oxygen atoms in total. The van der Waals surface area contributed by atoms with Gasteiger partial charge in [0.15, 0.2) is 0 Å². The molecule has 0 radical (unpaired) electrons. The smallest absolute Gasteiger partial charge is 0.306 e. The van der Waals surface area contributed by atoms with E-state index in [1.807, 2.05) is 6.92 Å². The summed E-state index contributed by atoms with van der Waals surface area (Å²) in [6.45, 7) is 7.03. The van der Waals surface area contributed by atoms with Crippen LogP contribution >= 0.6 is 0 Å². The number of nitrogens with two attached hydrogens (primary N) is 1. The van der Waals surface area contributed by atoms with E-state index in [9.17, 15) is 4.79 Å². The first-order valence-corrected chi connectivity index (χ1v) is 7.49. The zero-order chi connectivity index (χ0) is 13.8. The highest BCUT2D eigenvalue weighted by Crippen LogP contribution is 2.12. The van der Waals surface area contributed by atoms with Crippen LogP contribution in [-0.4, -0.2) is 18.6 Å². The van der Waals surface area contributed by atoms with E-state index in [4.69, 9.17) is 10.5 Å². The Hall–Kier alpha value is -0.570. The number of carbonyl (C=O) groups excluding carboxylic acids is 1. The van der Waals surface area contributed by atoms with Crippen molar-refractivity contribution in [1.29, 1.82) is 0 Å². The number of rotatable bonds is 11. The molecule has 0 bridgehead atoms. The van der Waals surface area contributed by atoms with Crippen molar-refractivity contribution >= 4 is 5.97 Å². The lowest BCUT2D eigenvalue weighted by molar-refractivity contribution is -0.148. The van der Waals surface area contributed by atoms with Crippen LogP contribution in [0.3, 0.4) is 0 Å². The molecular formula is C15H31NO2. The topological polar surface area (TPSA) is 52.3 Å². The minimum absolute atomic E-state index is 0.0538. The molecule has 3 heteroatoms. The summed E-state index contributed by atoms with van der Waals surface area (Å²) >= 11 is 0. The Bertz CT molecular complexity index is 207. The highest BCUT2D eigenvalue weighted by atomic mass is 16.5. The van der Waals surface area contributed by atoms with Crippen LogP contribution in [0.2, 0.25) is 0 Å². The van der Waals surface area contributed by atoms with Crippen LogP contribution in [0, 0.1) is 5.92 Å². The van der Waals surface area contributed by atoms with Crippen molar-refractivity contribution in [3.63, 3.8) is 0 Å². The van der Waals surface area contributed by atoms with E-state index in [0.29, 0.717) is 18.9 Å². The monoisotopic (exact) mass is 257 g/mol. The molecule has 0 saturated carbocycles. The van der Waals surface area contributed by atoms with Gasteiger partial charge in [-0.3, -0.25) is 4.79 Å². The maximum Gasteiger partial charge on any atom is 0.306 e. The van der Waals surface area contributed by atoms with Gasteiger partial charge in [0, 0.05) is 6.42 Å². The van der Waals surface area contributed by atoms with Gasteiger partial charge < -0.3 is 10.5 Å². The van der Waals surface area contributed by atoms with Gasteiger partial charge >= 0.3 is 5.97 Å². The molecule has 2 N–H and O–H groups in total. The van der Waals surface area contributed by atoms with Gasteiger partial charge in [-0.15, -0.1) is 0 Å². The number of carbonyl (C=O) groups is 1. The molecule has 0 aromatic rings. The Balaban J connectivity index is 3.54. The molecule has 0 heterocycles. The average molecular weight is 257 g/mol.